The van der Waals surface area contributed by atoms with Gasteiger partial charge in [-0.15, -0.1) is 0 Å². The molecule has 1 aliphatic heterocycles. The van der Waals surface area contributed by atoms with E-state index in [9.17, 15) is 4.79 Å². The molecule has 0 saturated heterocycles. The summed E-state index contributed by atoms with van der Waals surface area (Å²) in [5.74, 6) is -0.0306. The zero-order chi connectivity index (χ0) is 11.5. The lowest BCUT2D eigenvalue weighted by molar-refractivity contribution is -0.171. The molecule has 4 nitrogen and oxygen atoms in total. The summed E-state index contributed by atoms with van der Waals surface area (Å²) in [6, 6.07) is 8.00. The van der Waals surface area contributed by atoms with E-state index in [2.05, 4.69) is 17.4 Å². The Balaban J connectivity index is 2.11. The minimum Gasteiger partial charge on any atom is -0.301 e. The molecule has 0 aromatic heterocycles. The molecule has 0 unspecified atom stereocenters. The number of nitrogens with zero attached hydrogens (tertiary/aromatic N) is 1. The second-order valence-electron chi connectivity index (χ2n) is 3.92. The van der Waals surface area contributed by atoms with Gasteiger partial charge in [0, 0.05) is 13.6 Å². The first kappa shape index (κ1) is 11.1. The van der Waals surface area contributed by atoms with E-state index in [1.54, 1.807) is 7.05 Å². The fraction of sp³-hybridized carbons (Fsp3) is 0.417. The quantitative estimate of drug-likeness (QED) is 0.747. The molecule has 1 N–H and O–H groups in total. The summed E-state index contributed by atoms with van der Waals surface area (Å²) in [6.07, 6.45) is 0.725. The number of carbonyl (C=O) groups excluding carboxylic acids is 1. The third-order valence-electron chi connectivity index (χ3n) is 2.96. The maximum absolute atomic E-state index is 11.9. The average Bonchev–Trinajstić information content (AvgIpc) is 2.36. The highest BCUT2D eigenvalue weighted by Crippen LogP contribution is 2.17. The van der Waals surface area contributed by atoms with E-state index < -0.39 is 0 Å². The van der Waals surface area contributed by atoms with E-state index in [1.165, 1.54) is 23.3 Å². The first-order chi connectivity index (χ1) is 7.72. The predicted molar refractivity (Wildman–Crippen MR) is 60.6 cm³/mol. The van der Waals surface area contributed by atoms with E-state index in [0.717, 1.165) is 13.0 Å². The van der Waals surface area contributed by atoms with Crippen molar-refractivity contribution in [2.24, 2.45) is 0 Å². The van der Waals surface area contributed by atoms with E-state index in [1.807, 2.05) is 12.1 Å². The van der Waals surface area contributed by atoms with Gasteiger partial charge in [-0.1, -0.05) is 24.3 Å². The molecule has 1 aromatic carbocycles. The third-order valence-corrected chi connectivity index (χ3v) is 2.96. The third kappa shape index (κ3) is 2.08. The van der Waals surface area contributed by atoms with Gasteiger partial charge in [0.1, 0.15) is 0 Å². The van der Waals surface area contributed by atoms with Crippen LogP contribution in [0.25, 0.3) is 0 Å². The van der Waals surface area contributed by atoms with Crippen LogP contribution in [0.15, 0.2) is 24.3 Å². The summed E-state index contributed by atoms with van der Waals surface area (Å²) in [7, 11) is 3.12. The summed E-state index contributed by atoms with van der Waals surface area (Å²) in [4.78, 5) is 16.8. The van der Waals surface area contributed by atoms with E-state index in [-0.39, 0.29) is 11.9 Å². The standard InChI is InChI=1S/C12H16N2O2/c1-14(16-2)12(15)11-7-9-5-3-4-6-10(9)8-13-11/h3-6,11,13H,7-8H2,1-2H3/t11-/m1/s1. The lowest BCUT2D eigenvalue weighted by Crippen LogP contribution is -2.47. The van der Waals surface area contributed by atoms with E-state index in [0.29, 0.717) is 0 Å². The van der Waals surface area contributed by atoms with Crippen LogP contribution in [0.2, 0.25) is 0 Å². The molecular weight excluding hydrogens is 204 g/mol. The highest BCUT2D eigenvalue weighted by Gasteiger charge is 2.26. The fourth-order valence-corrected chi connectivity index (χ4v) is 1.94. The predicted octanol–water partition coefficient (Wildman–Crippen LogP) is 0.721. The number of hydrogen-bond acceptors (Lipinski definition) is 3. The summed E-state index contributed by atoms with van der Waals surface area (Å²) >= 11 is 0. The van der Waals surface area contributed by atoms with Gasteiger partial charge in [0.25, 0.3) is 5.91 Å². The van der Waals surface area contributed by atoms with Crippen LogP contribution in [0, 0.1) is 0 Å². The van der Waals surface area contributed by atoms with Crippen molar-refractivity contribution in [2.75, 3.05) is 14.2 Å². The number of benzene rings is 1. The summed E-state index contributed by atoms with van der Waals surface area (Å²) in [6.45, 7) is 0.740. The smallest absolute Gasteiger partial charge is 0.263 e. The van der Waals surface area contributed by atoms with Gasteiger partial charge < -0.3 is 5.32 Å². The van der Waals surface area contributed by atoms with E-state index >= 15 is 0 Å². The Kier molecular flexibility index (Phi) is 3.22. The maximum Gasteiger partial charge on any atom is 0.263 e. The van der Waals surface area contributed by atoms with Crippen molar-refractivity contribution < 1.29 is 9.63 Å². The zero-order valence-corrected chi connectivity index (χ0v) is 9.56. The van der Waals surface area contributed by atoms with Gasteiger partial charge >= 0.3 is 0 Å². The topological polar surface area (TPSA) is 41.6 Å². The Bertz CT molecular complexity index is 392. The highest BCUT2D eigenvalue weighted by molar-refractivity contribution is 5.81. The molecule has 1 aliphatic rings. The van der Waals surface area contributed by atoms with Gasteiger partial charge in [-0.25, -0.2) is 5.06 Å². The molecule has 16 heavy (non-hydrogen) atoms. The van der Waals surface area contributed by atoms with Crippen molar-refractivity contribution in [3.05, 3.63) is 35.4 Å². The Hall–Kier alpha value is -1.39. The molecule has 0 saturated carbocycles. The van der Waals surface area contributed by atoms with Crippen LogP contribution in [0.4, 0.5) is 0 Å². The van der Waals surface area contributed by atoms with Gasteiger partial charge in [-0.2, -0.15) is 0 Å². The number of likely N-dealkylation sites (N-methyl/N-ethyl adjacent to an activating group) is 1. The number of nitrogens with one attached hydrogen (secondary N) is 1. The van der Waals surface area contributed by atoms with Gasteiger partial charge in [-0.05, 0) is 17.5 Å². The first-order valence-corrected chi connectivity index (χ1v) is 5.34. The summed E-state index contributed by atoms with van der Waals surface area (Å²) in [5, 5.41) is 4.49. The molecule has 1 heterocycles. The van der Waals surface area contributed by atoms with Crippen LogP contribution in [0.3, 0.4) is 0 Å². The fourth-order valence-electron chi connectivity index (χ4n) is 1.94. The molecule has 0 fully saturated rings. The summed E-state index contributed by atoms with van der Waals surface area (Å²) < 4.78 is 0. The molecular formula is C12H16N2O2. The molecule has 1 amide bonds. The molecule has 0 radical (unpaired) electrons. The number of carbonyl (C=O) groups is 1. The van der Waals surface area contributed by atoms with Crippen molar-refractivity contribution in [3.8, 4) is 0 Å². The maximum atomic E-state index is 11.9. The van der Waals surface area contributed by atoms with Crippen molar-refractivity contribution >= 4 is 5.91 Å². The van der Waals surface area contributed by atoms with Crippen LogP contribution in [-0.4, -0.2) is 31.2 Å². The minimum absolute atomic E-state index is 0.0306. The molecule has 0 bridgehead atoms. The number of hydrogen-bond donors (Lipinski definition) is 1. The van der Waals surface area contributed by atoms with Gasteiger partial charge in [0.05, 0.1) is 13.2 Å². The normalized spacial score (nSPS) is 19.0. The highest BCUT2D eigenvalue weighted by atomic mass is 16.7. The number of fused-ring (bicyclic) bond motifs is 1. The lowest BCUT2D eigenvalue weighted by Gasteiger charge is -2.27. The average molecular weight is 220 g/mol. The van der Waals surface area contributed by atoms with Crippen LogP contribution >= 0.6 is 0 Å². The van der Waals surface area contributed by atoms with Gasteiger partial charge in [0.2, 0.25) is 0 Å². The lowest BCUT2D eigenvalue weighted by atomic mass is 9.95. The molecule has 86 valence electrons. The number of amides is 1. The van der Waals surface area contributed by atoms with Crippen LogP contribution in [0.1, 0.15) is 11.1 Å². The SMILES string of the molecule is CON(C)C(=O)[C@H]1Cc2ccccc2CN1. The number of rotatable bonds is 2. The first-order valence-electron chi connectivity index (χ1n) is 5.34. The Morgan fingerprint density at radius 1 is 1.44 bits per heavy atom. The van der Waals surface area contributed by atoms with Gasteiger partial charge in [0.15, 0.2) is 0 Å². The summed E-state index contributed by atoms with van der Waals surface area (Å²) in [5.41, 5.74) is 2.51. The Labute approximate surface area is 95.2 Å². The van der Waals surface area contributed by atoms with Crippen LogP contribution in [0.5, 0.6) is 0 Å². The molecule has 1 atom stereocenters. The van der Waals surface area contributed by atoms with Crippen molar-refractivity contribution in [1.82, 2.24) is 10.4 Å². The molecule has 1 aromatic rings. The Morgan fingerprint density at radius 2 is 2.12 bits per heavy atom. The molecule has 2 rings (SSSR count). The minimum atomic E-state index is -0.181. The van der Waals surface area contributed by atoms with Crippen molar-refractivity contribution in [2.45, 2.75) is 19.0 Å². The molecule has 0 spiro atoms. The van der Waals surface area contributed by atoms with Gasteiger partial charge in [-0.3, -0.25) is 9.63 Å². The molecule has 4 heteroatoms. The second-order valence-corrected chi connectivity index (χ2v) is 3.92. The van der Waals surface area contributed by atoms with Crippen molar-refractivity contribution in [3.63, 3.8) is 0 Å². The van der Waals surface area contributed by atoms with Crippen molar-refractivity contribution in [1.29, 1.82) is 0 Å². The largest absolute Gasteiger partial charge is 0.301 e. The van der Waals surface area contributed by atoms with Crippen LogP contribution in [-0.2, 0) is 22.6 Å². The molecule has 0 aliphatic carbocycles. The second kappa shape index (κ2) is 4.63. The monoisotopic (exact) mass is 220 g/mol. The Morgan fingerprint density at radius 3 is 2.81 bits per heavy atom. The van der Waals surface area contributed by atoms with Crippen LogP contribution < -0.4 is 5.32 Å². The number of hydroxylamine groups is 2. The van der Waals surface area contributed by atoms with E-state index in [4.69, 9.17) is 4.84 Å². The zero-order valence-electron chi connectivity index (χ0n) is 9.56.